The van der Waals surface area contributed by atoms with Crippen LogP contribution in [0.5, 0.6) is 0 Å². The van der Waals surface area contributed by atoms with Crippen LogP contribution in [-0.2, 0) is 0 Å². The molecular formula is C11H16N4. The Labute approximate surface area is 89.1 Å². The highest BCUT2D eigenvalue weighted by atomic mass is 15.3. The van der Waals surface area contributed by atoms with Crippen molar-refractivity contribution >= 4 is 17.0 Å². The van der Waals surface area contributed by atoms with Crippen LogP contribution in [-0.4, -0.2) is 29.6 Å². The first-order chi connectivity index (χ1) is 7.35. The zero-order valence-electron chi connectivity index (χ0n) is 8.90. The molecule has 80 valence electrons. The predicted molar refractivity (Wildman–Crippen MR) is 63.0 cm³/mol. The van der Waals surface area contributed by atoms with Gasteiger partial charge in [0.1, 0.15) is 0 Å². The maximum atomic E-state index is 5.55. The van der Waals surface area contributed by atoms with Crippen LogP contribution < -0.4 is 10.6 Å². The molecule has 15 heavy (non-hydrogen) atoms. The largest absolute Gasteiger partial charge is 0.341 e. The van der Waals surface area contributed by atoms with Crippen LogP contribution in [0, 0.1) is 0 Å². The van der Waals surface area contributed by atoms with Gasteiger partial charge in [-0.05, 0) is 19.1 Å². The van der Waals surface area contributed by atoms with E-state index in [4.69, 9.17) is 5.73 Å². The number of imidazole rings is 1. The Morgan fingerprint density at radius 1 is 1.40 bits per heavy atom. The zero-order chi connectivity index (χ0) is 10.7. The number of nitrogens with two attached hydrogens (primary N) is 1. The number of benzene rings is 1. The van der Waals surface area contributed by atoms with Crippen molar-refractivity contribution in [3.05, 3.63) is 24.3 Å². The van der Waals surface area contributed by atoms with Crippen molar-refractivity contribution in [1.82, 2.24) is 9.97 Å². The van der Waals surface area contributed by atoms with Gasteiger partial charge in [-0.25, -0.2) is 4.98 Å². The van der Waals surface area contributed by atoms with Crippen LogP contribution in [0.3, 0.4) is 0 Å². The topological polar surface area (TPSA) is 57.9 Å². The normalized spacial score (nSPS) is 10.8. The van der Waals surface area contributed by atoms with Crippen LogP contribution in [0.4, 0.5) is 5.95 Å². The molecule has 0 saturated heterocycles. The number of fused-ring (bicyclic) bond motifs is 1. The van der Waals surface area contributed by atoms with Crippen molar-refractivity contribution in [1.29, 1.82) is 0 Å². The van der Waals surface area contributed by atoms with Crippen molar-refractivity contribution in [2.75, 3.05) is 24.5 Å². The summed E-state index contributed by atoms with van der Waals surface area (Å²) in [7, 11) is 0. The van der Waals surface area contributed by atoms with Gasteiger partial charge in [0, 0.05) is 19.6 Å². The van der Waals surface area contributed by atoms with Crippen LogP contribution in [0.2, 0.25) is 0 Å². The third-order valence-electron chi connectivity index (χ3n) is 2.46. The number of H-pyrrole nitrogens is 1. The lowest BCUT2D eigenvalue weighted by molar-refractivity contribution is 0.793. The van der Waals surface area contributed by atoms with E-state index in [-0.39, 0.29) is 0 Å². The lowest BCUT2D eigenvalue weighted by atomic mass is 10.3. The Hall–Kier alpha value is -1.55. The predicted octanol–water partition coefficient (Wildman–Crippen LogP) is 1.35. The summed E-state index contributed by atoms with van der Waals surface area (Å²) in [4.78, 5) is 9.95. The van der Waals surface area contributed by atoms with Gasteiger partial charge in [0.25, 0.3) is 0 Å². The molecule has 0 unspecified atom stereocenters. The van der Waals surface area contributed by atoms with Gasteiger partial charge >= 0.3 is 0 Å². The smallest absolute Gasteiger partial charge is 0.203 e. The van der Waals surface area contributed by atoms with E-state index in [1.807, 2.05) is 24.3 Å². The number of rotatable bonds is 4. The molecule has 0 amide bonds. The molecule has 0 aliphatic rings. The maximum absolute atomic E-state index is 5.55. The molecule has 3 N–H and O–H groups in total. The summed E-state index contributed by atoms with van der Waals surface area (Å²) in [5.41, 5.74) is 7.63. The second-order valence-electron chi connectivity index (χ2n) is 3.45. The fraction of sp³-hybridized carbons (Fsp3) is 0.364. The summed E-state index contributed by atoms with van der Waals surface area (Å²) >= 11 is 0. The Bertz CT molecular complexity index is 402. The standard InChI is InChI=1S/C11H16N4/c1-2-15(8-7-12)11-13-9-5-3-4-6-10(9)14-11/h3-6H,2,7-8,12H2,1H3,(H,13,14). The number of hydrogen-bond donors (Lipinski definition) is 2. The summed E-state index contributed by atoms with van der Waals surface area (Å²) < 4.78 is 0. The van der Waals surface area contributed by atoms with E-state index < -0.39 is 0 Å². The fourth-order valence-corrected chi connectivity index (χ4v) is 1.66. The van der Waals surface area contributed by atoms with Gasteiger partial charge in [-0.3, -0.25) is 0 Å². The van der Waals surface area contributed by atoms with Crippen molar-refractivity contribution in [2.45, 2.75) is 6.92 Å². The molecule has 0 spiro atoms. The monoisotopic (exact) mass is 204 g/mol. The highest BCUT2D eigenvalue weighted by Crippen LogP contribution is 2.16. The lowest BCUT2D eigenvalue weighted by Crippen LogP contribution is -2.29. The minimum atomic E-state index is 0.644. The Morgan fingerprint density at radius 2 is 2.20 bits per heavy atom. The quantitative estimate of drug-likeness (QED) is 0.790. The maximum Gasteiger partial charge on any atom is 0.203 e. The molecule has 0 aliphatic heterocycles. The van der Waals surface area contributed by atoms with Gasteiger partial charge in [0.05, 0.1) is 11.0 Å². The van der Waals surface area contributed by atoms with Crippen molar-refractivity contribution in [3.8, 4) is 0 Å². The number of likely N-dealkylation sites (N-methyl/N-ethyl adjacent to an activating group) is 1. The molecule has 1 aromatic heterocycles. The number of aromatic nitrogens is 2. The van der Waals surface area contributed by atoms with Crippen molar-refractivity contribution in [2.24, 2.45) is 5.73 Å². The van der Waals surface area contributed by atoms with Gasteiger partial charge in [0.2, 0.25) is 5.95 Å². The van der Waals surface area contributed by atoms with Gasteiger partial charge in [-0.2, -0.15) is 0 Å². The molecule has 0 fully saturated rings. The molecule has 0 aliphatic carbocycles. The molecule has 2 aromatic rings. The SMILES string of the molecule is CCN(CCN)c1nc2ccccc2[nH]1. The molecule has 2 rings (SSSR count). The summed E-state index contributed by atoms with van der Waals surface area (Å²) in [5, 5.41) is 0. The van der Waals surface area contributed by atoms with E-state index in [0.717, 1.165) is 30.1 Å². The van der Waals surface area contributed by atoms with E-state index in [1.54, 1.807) is 0 Å². The lowest BCUT2D eigenvalue weighted by Gasteiger charge is -2.18. The zero-order valence-corrected chi connectivity index (χ0v) is 8.90. The molecule has 0 atom stereocenters. The van der Waals surface area contributed by atoms with Crippen LogP contribution in [0.15, 0.2) is 24.3 Å². The number of nitrogens with one attached hydrogen (secondary N) is 1. The third-order valence-corrected chi connectivity index (χ3v) is 2.46. The number of anilines is 1. The summed E-state index contributed by atoms with van der Waals surface area (Å²) in [6, 6.07) is 8.03. The van der Waals surface area contributed by atoms with E-state index in [9.17, 15) is 0 Å². The average molecular weight is 204 g/mol. The number of aromatic amines is 1. The van der Waals surface area contributed by atoms with Gasteiger partial charge < -0.3 is 15.6 Å². The molecule has 0 bridgehead atoms. The van der Waals surface area contributed by atoms with E-state index >= 15 is 0 Å². The molecule has 4 heteroatoms. The first-order valence-corrected chi connectivity index (χ1v) is 5.25. The van der Waals surface area contributed by atoms with Crippen molar-refractivity contribution < 1.29 is 0 Å². The van der Waals surface area contributed by atoms with E-state index in [1.165, 1.54) is 0 Å². The molecule has 1 heterocycles. The highest BCUT2D eigenvalue weighted by Gasteiger charge is 2.07. The number of nitrogens with zero attached hydrogens (tertiary/aromatic N) is 2. The third kappa shape index (κ3) is 1.94. The van der Waals surface area contributed by atoms with E-state index in [2.05, 4.69) is 21.8 Å². The first-order valence-electron chi connectivity index (χ1n) is 5.25. The molecule has 1 aromatic carbocycles. The van der Waals surface area contributed by atoms with Gasteiger partial charge in [0.15, 0.2) is 0 Å². The van der Waals surface area contributed by atoms with Crippen LogP contribution >= 0.6 is 0 Å². The molecular weight excluding hydrogens is 188 g/mol. The first kappa shape index (κ1) is 9.98. The van der Waals surface area contributed by atoms with Crippen LogP contribution in [0.25, 0.3) is 11.0 Å². The van der Waals surface area contributed by atoms with Gasteiger partial charge in [-0.15, -0.1) is 0 Å². The average Bonchev–Trinajstić information content (AvgIpc) is 2.69. The highest BCUT2D eigenvalue weighted by molar-refractivity contribution is 5.77. The number of hydrogen-bond acceptors (Lipinski definition) is 3. The molecule has 0 saturated carbocycles. The second-order valence-corrected chi connectivity index (χ2v) is 3.45. The van der Waals surface area contributed by atoms with Crippen molar-refractivity contribution in [3.63, 3.8) is 0 Å². The Morgan fingerprint density at radius 3 is 2.87 bits per heavy atom. The fourth-order valence-electron chi connectivity index (χ4n) is 1.66. The van der Waals surface area contributed by atoms with E-state index in [0.29, 0.717) is 6.54 Å². The number of para-hydroxylation sites is 2. The molecule has 4 nitrogen and oxygen atoms in total. The minimum absolute atomic E-state index is 0.644. The summed E-state index contributed by atoms with van der Waals surface area (Å²) in [6.07, 6.45) is 0. The second kappa shape index (κ2) is 4.31. The molecule has 0 radical (unpaired) electrons. The summed E-state index contributed by atoms with van der Waals surface area (Å²) in [6.45, 7) is 4.49. The Kier molecular flexibility index (Phi) is 2.87. The Balaban J connectivity index is 2.34. The minimum Gasteiger partial charge on any atom is -0.341 e. The van der Waals surface area contributed by atoms with Gasteiger partial charge in [-0.1, -0.05) is 12.1 Å². The summed E-state index contributed by atoms with van der Waals surface area (Å²) in [5.74, 6) is 0.907. The van der Waals surface area contributed by atoms with Crippen LogP contribution in [0.1, 0.15) is 6.92 Å².